The van der Waals surface area contributed by atoms with Crippen LogP contribution < -0.4 is 14.4 Å². The average Bonchev–Trinajstić information content (AvgIpc) is 3.05. The Labute approximate surface area is 170 Å². The molecule has 1 aliphatic heterocycles. The highest BCUT2D eigenvalue weighted by Gasteiger charge is 2.37. The first-order valence-electron chi connectivity index (χ1n) is 9.62. The topological polar surface area (TPSA) is 95.9 Å². The molecule has 0 fully saturated rings. The van der Waals surface area contributed by atoms with Crippen LogP contribution in [0.3, 0.4) is 0 Å². The zero-order valence-corrected chi connectivity index (χ0v) is 17.0. The van der Waals surface area contributed by atoms with Gasteiger partial charge in [-0.05, 0) is 54.3 Å². The molecular formula is C21H24N2O5S. The lowest BCUT2D eigenvalue weighted by molar-refractivity contribution is -0.136. The molecule has 2 aromatic carbocycles. The molecule has 2 aromatic rings. The van der Waals surface area contributed by atoms with Crippen LogP contribution in [0.4, 0.5) is 5.69 Å². The van der Waals surface area contributed by atoms with E-state index < -0.39 is 16.0 Å². The molecule has 2 aliphatic rings. The highest BCUT2D eigenvalue weighted by molar-refractivity contribution is 7.89. The summed E-state index contributed by atoms with van der Waals surface area (Å²) < 4.78 is 33.6. The molecule has 0 saturated carbocycles. The number of nitrogens with one attached hydrogen (secondary N) is 1. The van der Waals surface area contributed by atoms with Crippen molar-refractivity contribution in [3.05, 3.63) is 53.6 Å². The van der Waals surface area contributed by atoms with Crippen LogP contribution in [0.15, 0.2) is 47.4 Å². The van der Waals surface area contributed by atoms with E-state index in [1.807, 2.05) is 18.2 Å². The molecule has 0 bridgehead atoms. The van der Waals surface area contributed by atoms with Gasteiger partial charge in [0, 0.05) is 30.7 Å². The second-order valence-corrected chi connectivity index (χ2v) is 9.28. The number of rotatable bonds is 7. The second kappa shape index (κ2) is 7.68. The zero-order chi connectivity index (χ0) is 20.6. The van der Waals surface area contributed by atoms with Crippen LogP contribution in [-0.2, 0) is 21.2 Å². The maximum Gasteiger partial charge on any atom is 0.305 e. The third-order valence-electron chi connectivity index (χ3n) is 5.69. The van der Waals surface area contributed by atoms with E-state index >= 15 is 0 Å². The predicted octanol–water partition coefficient (Wildman–Crippen LogP) is 2.37. The standard InChI is InChI=1S/C21H24N2O5S/c1-28-17-5-7-18(8-6-17)29(26,27)22-16-11-14-3-2-4-19-21(14)15(12-16)13-23(19)10-9-20(24)25/h2-8,15-16,22H,9-13H2,1H3,(H,24,25). The van der Waals surface area contributed by atoms with E-state index in [9.17, 15) is 13.2 Å². The van der Waals surface area contributed by atoms with E-state index in [2.05, 4.69) is 9.62 Å². The lowest BCUT2D eigenvalue weighted by atomic mass is 9.82. The summed E-state index contributed by atoms with van der Waals surface area (Å²) in [6.45, 7) is 1.19. The van der Waals surface area contributed by atoms with Crippen molar-refractivity contribution in [2.75, 3.05) is 25.1 Å². The molecule has 0 radical (unpaired) electrons. The number of hydrogen-bond acceptors (Lipinski definition) is 5. The van der Waals surface area contributed by atoms with Crippen LogP contribution in [0.5, 0.6) is 5.75 Å². The number of ether oxygens (including phenoxy) is 1. The normalized spacial score (nSPS) is 20.4. The molecule has 8 heteroatoms. The minimum atomic E-state index is -3.63. The van der Waals surface area contributed by atoms with Crippen LogP contribution in [0.1, 0.15) is 29.9 Å². The summed E-state index contributed by atoms with van der Waals surface area (Å²) in [6.07, 6.45) is 1.41. The van der Waals surface area contributed by atoms with Gasteiger partial charge >= 0.3 is 5.97 Å². The fourth-order valence-corrected chi connectivity index (χ4v) is 5.69. The number of anilines is 1. The first-order chi connectivity index (χ1) is 13.9. The lowest BCUT2D eigenvalue weighted by Crippen LogP contribution is -2.40. The highest BCUT2D eigenvalue weighted by atomic mass is 32.2. The first-order valence-corrected chi connectivity index (χ1v) is 11.1. The molecule has 0 aromatic heterocycles. The fourth-order valence-electron chi connectivity index (χ4n) is 4.44. The summed E-state index contributed by atoms with van der Waals surface area (Å²) in [7, 11) is -2.10. The van der Waals surface area contributed by atoms with Gasteiger partial charge in [-0.3, -0.25) is 4.79 Å². The van der Waals surface area contributed by atoms with E-state index in [1.165, 1.54) is 12.7 Å². The monoisotopic (exact) mass is 416 g/mol. The fraction of sp³-hybridized carbons (Fsp3) is 0.381. The van der Waals surface area contributed by atoms with Crippen molar-refractivity contribution in [2.45, 2.75) is 36.1 Å². The molecule has 1 heterocycles. The lowest BCUT2D eigenvalue weighted by Gasteiger charge is -2.29. The number of benzene rings is 2. The molecule has 2 atom stereocenters. The quantitative estimate of drug-likeness (QED) is 0.719. The van der Waals surface area contributed by atoms with Crippen molar-refractivity contribution in [1.82, 2.24) is 4.72 Å². The Bertz CT molecular complexity index is 1020. The Kier molecular flexibility index (Phi) is 5.23. The van der Waals surface area contributed by atoms with Gasteiger partial charge in [-0.15, -0.1) is 0 Å². The molecule has 0 saturated heterocycles. The van der Waals surface area contributed by atoms with Gasteiger partial charge in [-0.2, -0.15) is 0 Å². The summed E-state index contributed by atoms with van der Waals surface area (Å²) in [4.78, 5) is 13.3. The van der Waals surface area contributed by atoms with Crippen LogP contribution in [0.25, 0.3) is 0 Å². The van der Waals surface area contributed by atoms with Crippen LogP contribution in [0.2, 0.25) is 0 Å². The third-order valence-corrected chi connectivity index (χ3v) is 7.22. The number of carbonyl (C=O) groups is 1. The Morgan fingerprint density at radius 1 is 1.24 bits per heavy atom. The average molecular weight is 416 g/mol. The van der Waals surface area contributed by atoms with Gasteiger partial charge in [0.1, 0.15) is 5.75 Å². The van der Waals surface area contributed by atoms with Crippen molar-refractivity contribution >= 4 is 21.7 Å². The predicted molar refractivity (Wildman–Crippen MR) is 109 cm³/mol. The van der Waals surface area contributed by atoms with Gasteiger partial charge in [-0.1, -0.05) is 12.1 Å². The van der Waals surface area contributed by atoms with E-state index in [1.54, 1.807) is 24.3 Å². The minimum Gasteiger partial charge on any atom is -0.497 e. The maximum absolute atomic E-state index is 12.8. The zero-order valence-electron chi connectivity index (χ0n) is 16.2. The van der Waals surface area contributed by atoms with E-state index in [-0.39, 0.29) is 23.3 Å². The number of methoxy groups -OCH3 is 1. The SMILES string of the molecule is COc1ccc(S(=O)(=O)NC2Cc3cccc4c3C(C2)CN4CCC(=O)O)cc1. The summed E-state index contributed by atoms with van der Waals surface area (Å²) >= 11 is 0. The highest BCUT2D eigenvalue weighted by Crippen LogP contribution is 2.44. The van der Waals surface area contributed by atoms with Gasteiger partial charge in [0.25, 0.3) is 0 Å². The molecule has 2 unspecified atom stereocenters. The Morgan fingerprint density at radius 3 is 2.69 bits per heavy atom. The Morgan fingerprint density at radius 2 is 2.00 bits per heavy atom. The second-order valence-electron chi connectivity index (χ2n) is 7.57. The largest absolute Gasteiger partial charge is 0.497 e. The van der Waals surface area contributed by atoms with Crippen molar-refractivity contribution < 1.29 is 23.1 Å². The van der Waals surface area contributed by atoms with Crippen molar-refractivity contribution in [3.8, 4) is 5.75 Å². The first kappa shape index (κ1) is 19.7. The van der Waals surface area contributed by atoms with E-state index in [0.29, 0.717) is 25.1 Å². The van der Waals surface area contributed by atoms with Crippen molar-refractivity contribution in [2.24, 2.45) is 0 Å². The molecule has 0 amide bonds. The number of sulfonamides is 1. The summed E-state index contributed by atoms with van der Waals surface area (Å²) in [5.41, 5.74) is 3.47. The van der Waals surface area contributed by atoms with Gasteiger partial charge < -0.3 is 14.7 Å². The van der Waals surface area contributed by atoms with E-state index in [0.717, 1.165) is 17.8 Å². The molecular weight excluding hydrogens is 392 g/mol. The molecule has 154 valence electrons. The number of carboxylic acids is 1. The van der Waals surface area contributed by atoms with Crippen LogP contribution >= 0.6 is 0 Å². The summed E-state index contributed by atoms with van der Waals surface area (Å²) in [5.74, 6) is -0.00560. The van der Waals surface area contributed by atoms with Gasteiger partial charge in [0.15, 0.2) is 0 Å². The maximum atomic E-state index is 12.8. The van der Waals surface area contributed by atoms with Crippen LogP contribution in [-0.4, -0.2) is 45.7 Å². The van der Waals surface area contributed by atoms with Crippen molar-refractivity contribution in [3.63, 3.8) is 0 Å². The summed E-state index contributed by atoms with van der Waals surface area (Å²) in [6, 6.07) is 12.2. The minimum absolute atomic E-state index is 0.0872. The van der Waals surface area contributed by atoms with Crippen LogP contribution in [0, 0.1) is 0 Å². The third kappa shape index (κ3) is 3.95. The number of carboxylic acid groups (broad SMARTS) is 1. The Balaban J connectivity index is 1.52. The molecule has 2 N–H and O–H groups in total. The molecule has 4 rings (SSSR count). The number of hydrogen-bond donors (Lipinski definition) is 2. The van der Waals surface area contributed by atoms with Gasteiger partial charge in [0.2, 0.25) is 10.0 Å². The Hall–Kier alpha value is -2.58. The van der Waals surface area contributed by atoms with E-state index in [4.69, 9.17) is 9.84 Å². The summed E-state index contributed by atoms with van der Waals surface area (Å²) in [5, 5.41) is 9.01. The number of nitrogens with zero attached hydrogens (tertiary/aromatic N) is 1. The smallest absolute Gasteiger partial charge is 0.305 e. The molecule has 7 nitrogen and oxygen atoms in total. The van der Waals surface area contributed by atoms with Crippen molar-refractivity contribution in [1.29, 1.82) is 0 Å². The molecule has 1 aliphatic carbocycles. The molecule has 29 heavy (non-hydrogen) atoms. The molecule has 0 spiro atoms. The number of aliphatic carboxylic acids is 1. The van der Waals surface area contributed by atoms with Gasteiger partial charge in [0.05, 0.1) is 18.4 Å². The van der Waals surface area contributed by atoms with Gasteiger partial charge in [-0.25, -0.2) is 13.1 Å².